The second-order valence-corrected chi connectivity index (χ2v) is 5.98. The first-order chi connectivity index (χ1) is 13.3. The molecule has 0 fully saturated rings. The molecule has 0 radical (unpaired) electrons. The third-order valence-electron chi connectivity index (χ3n) is 4.09. The van der Waals surface area contributed by atoms with Gasteiger partial charge >= 0.3 is 0 Å². The molecule has 3 aromatic rings. The summed E-state index contributed by atoms with van der Waals surface area (Å²) < 4.78 is 10.6. The lowest BCUT2D eigenvalue weighted by Crippen LogP contribution is -2.06. The molecule has 0 spiro atoms. The molecule has 140 valence electrons. The minimum absolute atomic E-state index is 0.523. The molecule has 27 heavy (non-hydrogen) atoms. The van der Waals surface area contributed by atoms with Gasteiger partial charge in [-0.05, 0) is 36.6 Å². The summed E-state index contributed by atoms with van der Waals surface area (Å²) in [5.74, 6) is 2.65. The minimum atomic E-state index is 0.523. The van der Waals surface area contributed by atoms with Gasteiger partial charge in [-0.2, -0.15) is 4.98 Å². The van der Waals surface area contributed by atoms with Crippen LogP contribution in [-0.2, 0) is 6.42 Å². The Morgan fingerprint density at radius 1 is 0.926 bits per heavy atom. The fourth-order valence-corrected chi connectivity index (χ4v) is 2.71. The smallest absolute Gasteiger partial charge is 0.229 e. The van der Waals surface area contributed by atoms with Crippen LogP contribution < -0.4 is 20.1 Å². The van der Waals surface area contributed by atoms with Gasteiger partial charge in [-0.1, -0.05) is 30.3 Å². The number of methoxy groups -OCH3 is 2. The lowest BCUT2D eigenvalue weighted by molar-refractivity contribution is 0.355. The van der Waals surface area contributed by atoms with Crippen molar-refractivity contribution in [1.29, 1.82) is 0 Å². The van der Waals surface area contributed by atoms with Crippen molar-refractivity contribution in [3.63, 3.8) is 0 Å². The highest BCUT2D eigenvalue weighted by Gasteiger charge is 2.06. The van der Waals surface area contributed by atoms with E-state index in [0.29, 0.717) is 17.4 Å². The molecule has 0 atom stereocenters. The van der Waals surface area contributed by atoms with Crippen LogP contribution in [0.1, 0.15) is 12.0 Å². The van der Waals surface area contributed by atoms with Gasteiger partial charge in [-0.3, -0.25) is 0 Å². The maximum Gasteiger partial charge on any atom is 0.229 e. The Morgan fingerprint density at radius 2 is 1.74 bits per heavy atom. The molecule has 0 bridgehead atoms. The highest BCUT2D eigenvalue weighted by atomic mass is 16.5. The van der Waals surface area contributed by atoms with Crippen LogP contribution in [0.3, 0.4) is 0 Å². The molecule has 1 aromatic heterocycles. The zero-order valence-electron chi connectivity index (χ0n) is 15.6. The van der Waals surface area contributed by atoms with Gasteiger partial charge in [0.05, 0.1) is 14.2 Å². The Morgan fingerprint density at radius 3 is 2.52 bits per heavy atom. The van der Waals surface area contributed by atoms with E-state index in [-0.39, 0.29) is 0 Å². The molecule has 0 saturated carbocycles. The van der Waals surface area contributed by atoms with Crippen LogP contribution in [0.4, 0.5) is 17.5 Å². The number of rotatable bonds is 9. The topological polar surface area (TPSA) is 68.3 Å². The largest absolute Gasteiger partial charge is 0.493 e. The van der Waals surface area contributed by atoms with Crippen LogP contribution in [0.25, 0.3) is 0 Å². The summed E-state index contributed by atoms with van der Waals surface area (Å²) in [5.41, 5.74) is 2.17. The highest BCUT2D eigenvalue weighted by molar-refractivity contribution is 5.60. The van der Waals surface area contributed by atoms with E-state index in [1.807, 2.05) is 30.3 Å². The summed E-state index contributed by atoms with van der Waals surface area (Å²) in [7, 11) is 3.22. The maximum atomic E-state index is 5.32. The molecule has 0 unspecified atom stereocenters. The van der Waals surface area contributed by atoms with Crippen molar-refractivity contribution in [2.24, 2.45) is 0 Å². The minimum Gasteiger partial charge on any atom is -0.493 e. The van der Waals surface area contributed by atoms with Crippen molar-refractivity contribution in [2.45, 2.75) is 12.8 Å². The Bertz CT molecular complexity index is 856. The molecule has 0 amide bonds. The molecular weight excluding hydrogens is 340 g/mol. The Hall–Kier alpha value is -3.28. The van der Waals surface area contributed by atoms with E-state index in [1.165, 1.54) is 5.56 Å². The number of benzene rings is 2. The molecule has 0 saturated heterocycles. The molecule has 6 heteroatoms. The summed E-state index contributed by atoms with van der Waals surface area (Å²) in [6.45, 7) is 0.849. The van der Waals surface area contributed by atoms with Crippen molar-refractivity contribution in [2.75, 3.05) is 31.4 Å². The monoisotopic (exact) mass is 364 g/mol. The normalized spacial score (nSPS) is 10.3. The predicted molar refractivity (Wildman–Crippen MR) is 108 cm³/mol. The van der Waals surface area contributed by atoms with Gasteiger partial charge in [-0.15, -0.1) is 0 Å². The Labute approximate surface area is 159 Å². The first-order valence-electron chi connectivity index (χ1n) is 8.88. The van der Waals surface area contributed by atoms with Gasteiger partial charge in [0.1, 0.15) is 5.82 Å². The highest BCUT2D eigenvalue weighted by Crippen LogP contribution is 2.30. The average molecular weight is 364 g/mol. The summed E-state index contributed by atoms with van der Waals surface area (Å²) in [6, 6.07) is 17.9. The number of hydrogen-bond donors (Lipinski definition) is 2. The lowest BCUT2D eigenvalue weighted by atomic mass is 10.1. The first-order valence-corrected chi connectivity index (χ1v) is 8.88. The maximum absolute atomic E-state index is 5.32. The van der Waals surface area contributed by atoms with Crippen LogP contribution in [0.5, 0.6) is 11.5 Å². The fourth-order valence-electron chi connectivity index (χ4n) is 2.71. The third-order valence-corrected chi connectivity index (χ3v) is 4.09. The van der Waals surface area contributed by atoms with Crippen molar-refractivity contribution in [1.82, 2.24) is 9.97 Å². The number of hydrogen-bond acceptors (Lipinski definition) is 6. The first kappa shape index (κ1) is 18.5. The molecule has 2 aromatic carbocycles. The molecule has 6 nitrogen and oxygen atoms in total. The Kier molecular flexibility index (Phi) is 6.46. The SMILES string of the molecule is COc1ccc(Nc2nccc(NCCCc3ccccc3)n2)cc1OC. The van der Waals surface area contributed by atoms with Crippen LogP contribution in [-0.4, -0.2) is 30.7 Å². The number of nitrogens with one attached hydrogen (secondary N) is 2. The van der Waals surface area contributed by atoms with Gasteiger partial charge in [0, 0.05) is 24.5 Å². The summed E-state index contributed by atoms with van der Waals surface area (Å²) in [4.78, 5) is 8.78. The number of anilines is 3. The third kappa shape index (κ3) is 5.34. The second kappa shape index (κ2) is 9.43. The van der Waals surface area contributed by atoms with E-state index in [2.05, 4.69) is 44.9 Å². The second-order valence-electron chi connectivity index (χ2n) is 5.98. The molecule has 0 aliphatic heterocycles. The number of aryl methyl sites for hydroxylation is 1. The molecule has 3 rings (SSSR count). The van der Waals surface area contributed by atoms with Crippen molar-refractivity contribution in [3.8, 4) is 11.5 Å². The standard InChI is InChI=1S/C21H24N4O2/c1-26-18-11-10-17(15-19(18)27-2)24-21-23-14-12-20(25-21)22-13-6-9-16-7-4-3-5-8-16/h3-5,7-8,10-12,14-15H,6,9,13H2,1-2H3,(H2,22,23,24,25). The molecule has 0 aliphatic rings. The number of aromatic nitrogens is 2. The van der Waals surface area contributed by atoms with Gasteiger partial charge in [0.2, 0.25) is 5.95 Å². The number of nitrogens with zero attached hydrogens (tertiary/aromatic N) is 2. The molecular formula is C21H24N4O2. The van der Waals surface area contributed by atoms with Crippen molar-refractivity contribution in [3.05, 3.63) is 66.4 Å². The van der Waals surface area contributed by atoms with Crippen LogP contribution in [0.2, 0.25) is 0 Å². The summed E-state index contributed by atoms with van der Waals surface area (Å²) in [5, 5.41) is 6.53. The van der Waals surface area contributed by atoms with E-state index in [4.69, 9.17) is 9.47 Å². The summed E-state index contributed by atoms with van der Waals surface area (Å²) >= 11 is 0. The van der Waals surface area contributed by atoms with Gasteiger partial charge in [0.25, 0.3) is 0 Å². The van der Waals surface area contributed by atoms with E-state index in [0.717, 1.165) is 30.9 Å². The Balaban J connectivity index is 1.55. The van der Waals surface area contributed by atoms with Crippen LogP contribution in [0.15, 0.2) is 60.8 Å². The van der Waals surface area contributed by atoms with Gasteiger partial charge in [-0.25, -0.2) is 4.98 Å². The zero-order chi connectivity index (χ0) is 18.9. The predicted octanol–water partition coefficient (Wildman–Crippen LogP) is 4.28. The molecule has 2 N–H and O–H groups in total. The summed E-state index contributed by atoms with van der Waals surface area (Å²) in [6.07, 6.45) is 3.80. The number of ether oxygens (including phenoxy) is 2. The van der Waals surface area contributed by atoms with Crippen LogP contribution >= 0.6 is 0 Å². The fraction of sp³-hybridized carbons (Fsp3) is 0.238. The van der Waals surface area contributed by atoms with Crippen molar-refractivity contribution < 1.29 is 9.47 Å². The quantitative estimate of drug-likeness (QED) is 0.552. The van der Waals surface area contributed by atoms with E-state index in [1.54, 1.807) is 20.4 Å². The van der Waals surface area contributed by atoms with Crippen molar-refractivity contribution >= 4 is 17.5 Å². The lowest BCUT2D eigenvalue weighted by Gasteiger charge is -2.11. The van der Waals surface area contributed by atoms with Gasteiger partial charge in [0.15, 0.2) is 11.5 Å². The zero-order valence-corrected chi connectivity index (χ0v) is 15.6. The molecule has 0 aliphatic carbocycles. The van der Waals surface area contributed by atoms with E-state index in [9.17, 15) is 0 Å². The van der Waals surface area contributed by atoms with E-state index < -0.39 is 0 Å². The average Bonchev–Trinajstić information content (AvgIpc) is 2.72. The van der Waals surface area contributed by atoms with E-state index >= 15 is 0 Å². The van der Waals surface area contributed by atoms with Gasteiger partial charge < -0.3 is 20.1 Å². The van der Waals surface area contributed by atoms with Crippen LogP contribution in [0, 0.1) is 0 Å². The molecule has 1 heterocycles.